The number of para-hydroxylation sites is 1. The zero-order chi connectivity index (χ0) is 21.3. The number of anilines is 1. The van der Waals surface area contributed by atoms with Crippen molar-refractivity contribution in [1.82, 2.24) is 9.80 Å². The number of nitrogens with one attached hydrogen (secondary N) is 1. The maximum absolute atomic E-state index is 12.3. The van der Waals surface area contributed by atoms with E-state index < -0.39 is 0 Å². The van der Waals surface area contributed by atoms with Crippen LogP contribution in [-0.2, 0) is 4.79 Å². The second-order valence-electron chi connectivity index (χ2n) is 7.62. The van der Waals surface area contributed by atoms with E-state index in [9.17, 15) is 4.79 Å². The Morgan fingerprint density at radius 1 is 1.20 bits per heavy atom. The van der Waals surface area contributed by atoms with Gasteiger partial charge in [0.15, 0.2) is 5.96 Å². The van der Waals surface area contributed by atoms with Crippen LogP contribution in [0.15, 0.2) is 59.6 Å². The molecule has 3 rings (SSSR count). The van der Waals surface area contributed by atoms with Crippen molar-refractivity contribution in [3.63, 3.8) is 0 Å². The van der Waals surface area contributed by atoms with Crippen molar-refractivity contribution in [2.24, 2.45) is 10.7 Å². The number of carbonyl (C=O) groups excluding carboxylic acids is 1. The van der Waals surface area contributed by atoms with E-state index in [0.29, 0.717) is 12.5 Å². The number of guanidine groups is 1. The van der Waals surface area contributed by atoms with E-state index in [4.69, 9.17) is 10.5 Å². The second kappa shape index (κ2) is 10.6. The molecule has 1 atom stereocenters. The summed E-state index contributed by atoms with van der Waals surface area (Å²) in [5.74, 6) is 2.07. The van der Waals surface area contributed by atoms with Crippen LogP contribution in [0.2, 0.25) is 0 Å². The lowest BCUT2D eigenvalue weighted by Crippen LogP contribution is -2.43. The van der Waals surface area contributed by atoms with Gasteiger partial charge in [0, 0.05) is 38.9 Å². The van der Waals surface area contributed by atoms with E-state index in [-0.39, 0.29) is 11.9 Å². The van der Waals surface area contributed by atoms with Gasteiger partial charge in [-0.3, -0.25) is 14.7 Å². The van der Waals surface area contributed by atoms with Crippen molar-refractivity contribution in [1.29, 1.82) is 0 Å². The lowest BCUT2D eigenvalue weighted by Gasteiger charge is -2.25. The predicted octanol–water partition coefficient (Wildman–Crippen LogP) is 3.15. The maximum Gasteiger partial charge on any atom is 0.239 e. The van der Waals surface area contributed by atoms with E-state index in [1.165, 1.54) is 0 Å². The highest BCUT2D eigenvalue weighted by molar-refractivity contribution is 5.92. The minimum atomic E-state index is 0.00630. The van der Waals surface area contributed by atoms with Crippen LogP contribution in [0.5, 0.6) is 11.5 Å². The van der Waals surface area contributed by atoms with Crippen molar-refractivity contribution < 1.29 is 9.53 Å². The average molecular weight is 410 g/mol. The number of likely N-dealkylation sites (tertiary alicyclic amines) is 1. The third kappa shape index (κ3) is 6.22. The Bertz CT molecular complexity index is 854. The predicted molar refractivity (Wildman–Crippen MR) is 121 cm³/mol. The summed E-state index contributed by atoms with van der Waals surface area (Å²) >= 11 is 0. The molecule has 1 fully saturated rings. The van der Waals surface area contributed by atoms with Crippen LogP contribution < -0.4 is 15.8 Å². The van der Waals surface area contributed by atoms with Crippen molar-refractivity contribution in [2.75, 3.05) is 39.0 Å². The Hall–Kier alpha value is -3.06. The lowest BCUT2D eigenvalue weighted by molar-refractivity contribution is -0.133. The molecule has 0 bridgehead atoms. The number of benzene rings is 2. The molecular weight excluding hydrogens is 378 g/mol. The summed E-state index contributed by atoms with van der Waals surface area (Å²) in [7, 11) is 3.63. The fourth-order valence-electron chi connectivity index (χ4n) is 3.59. The van der Waals surface area contributed by atoms with Crippen LogP contribution in [0.25, 0.3) is 0 Å². The number of nitrogens with two attached hydrogens (primary N) is 1. The zero-order valence-corrected chi connectivity index (χ0v) is 17.8. The van der Waals surface area contributed by atoms with Gasteiger partial charge in [0.05, 0.1) is 6.04 Å². The lowest BCUT2D eigenvalue weighted by atomic mass is 10.2. The van der Waals surface area contributed by atoms with Gasteiger partial charge < -0.3 is 20.7 Å². The van der Waals surface area contributed by atoms with Gasteiger partial charge in [-0.15, -0.1) is 0 Å². The van der Waals surface area contributed by atoms with Crippen molar-refractivity contribution in [3.05, 3.63) is 54.6 Å². The molecule has 30 heavy (non-hydrogen) atoms. The standard InChI is InChI=1S/C23H31N5O2/c1-27(2)22(29)21-13-7-15-28(21)16-8-14-25-23(24)26-18-9-6-12-20(17-18)30-19-10-4-3-5-11-19/h3-6,9-12,17,21H,7-8,13-16H2,1-2H3,(H3,24,25,26). The molecule has 2 aromatic carbocycles. The highest BCUT2D eigenvalue weighted by Gasteiger charge is 2.30. The van der Waals surface area contributed by atoms with Crippen LogP contribution >= 0.6 is 0 Å². The normalized spacial score (nSPS) is 17.0. The fourth-order valence-corrected chi connectivity index (χ4v) is 3.59. The minimum absolute atomic E-state index is 0.00630. The summed E-state index contributed by atoms with van der Waals surface area (Å²) in [5, 5.41) is 3.11. The monoisotopic (exact) mass is 409 g/mol. The first-order valence-corrected chi connectivity index (χ1v) is 10.4. The highest BCUT2D eigenvalue weighted by atomic mass is 16.5. The molecule has 1 saturated heterocycles. The zero-order valence-electron chi connectivity index (χ0n) is 17.8. The molecule has 0 aliphatic carbocycles. The third-order valence-corrected chi connectivity index (χ3v) is 5.06. The number of hydrogen-bond acceptors (Lipinski definition) is 4. The Labute approximate surface area is 178 Å². The van der Waals surface area contributed by atoms with Gasteiger partial charge in [-0.2, -0.15) is 0 Å². The van der Waals surface area contributed by atoms with Gasteiger partial charge in [-0.05, 0) is 50.1 Å². The molecule has 7 nitrogen and oxygen atoms in total. The van der Waals surface area contributed by atoms with E-state index in [1.54, 1.807) is 4.90 Å². The van der Waals surface area contributed by atoms with Crippen LogP contribution in [0.3, 0.4) is 0 Å². The third-order valence-electron chi connectivity index (χ3n) is 5.06. The second-order valence-corrected chi connectivity index (χ2v) is 7.62. The summed E-state index contributed by atoms with van der Waals surface area (Å²) in [5.41, 5.74) is 6.86. The summed E-state index contributed by atoms with van der Waals surface area (Å²) in [6.07, 6.45) is 2.86. The smallest absolute Gasteiger partial charge is 0.239 e. The minimum Gasteiger partial charge on any atom is -0.457 e. The SMILES string of the molecule is CN(C)C(=O)C1CCCN1CCCN=C(N)Nc1cccc(Oc2ccccc2)c1. The van der Waals surface area contributed by atoms with Crippen molar-refractivity contribution in [3.8, 4) is 11.5 Å². The van der Waals surface area contributed by atoms with Crippen LogP contribution in [-0.4, -0.2) is 61.4 Å². The topological polar surface area (TPSA) is 83.2 Å². The molecule has 7 heteroatoms. The first-order valence-electron chi connectivity index (χ1n) is 10.4. The van der Waals surface area contributed by atoms with Gasteiger partial charge in [-0.25, -0.2) is 0 Å². The van der Waals surface area contributed by atoms with Gasteiger partial charge in [0.25, 0.3) is 0 Å². The molecule has 1 amide bonds. The highest BCUT2D eigenvalue weighted by Crippen LogP contribution is 2.23. The van der Waals surface area contributed by atoms with Crippen molar-refractivity contribution in [2.45, 2.75) is 25.3 Å². The number of aliphatic imine (C=N–C) groups is 1. The molecule has 3 N–H and O–H groups in total. The molecule has 1 heterocycles. The van der Waals surface area contributed by atoms with Gasteiger partial charge in [-0.1, -0.05) is 24.3 Å². The van der Waals surface area contributed by atoms with Gasteiger partial charge in [0.1, 0.15) is 11.5 Å². The molecule has 2 aromatic rings. The quantitative estimate of drug-likeness (QED) is 0.398. The number of nitrogens with zero attached hydrogens (tertiary/aromatic N) is 3. The van der Waals surface area contributed by atoms with Crippen LogP contribution in [0.4, 0.5) is 5.69 Å². The van der Waals surface area contributed by atoms with Crippen molar-refractivity contribution >= 4 is 17.6 Å². The van der Waals surface area contributed by atoms with Gasteiger partial charge in [0.2, 0.25) is 5.91 Å². The Balaban J connectivity index is 1.46. The molecule has 0 radical (unpaired) electrons. The summed E-state index contributed by atoms with van der Waals surface area (Å²) < 4.78 is 5.85. The largest absolute Gasteiger partial charge is 0.457 e. The molecular formula is C23H31N5O2. The van der Waals surface area contributed by atoms with Crippen LogP contribution in [0.1, 0.15) is 19.3 Å². The Morgan fingerprint density at radius 2 is 1.97 bits per heavy atom. The molecule has 0 saturated carbocycles. The summed E-state index contributed by atoms with van der Waals surface area (Å²) in [4.78, 5) is 20.6. The molecule has 0 spiro atoms. The summed E-state index contributed by atoms with van der Waals surface area (Å²) in [6, 6.07) is 17.2. The Kier molecular flexibility index (Phi) is 7.68. The number of likely N-dealkylation sites (N-methyl/N-ethyl adjacent to an activating group) is 1. The number of ether oxygens (including phenoxy) is 1. The summed E-state index contributed by atoms with van der Waals surface area (Å²) in [6.45, 7) is 2.43. The Morgan fingerprint density at radius 3 is 2.73 bits per heavy atom. The molecule has 0 aromatic heterocycles. The number of hydrogen-bond donors (Lipinski definition) is 2. The number of amides is 1. The van der Waals surface area contributed by atoms with E-state index in [1.807, 2.05) is 68.7 Å². The van der Waals surface area contributed by atoms with Crippen LogP contribution in [0, 0.1) is 0 Å². The first kappa shape index (κ1) is 21.6. The van der Waals surface area contributed by atoms with E-state index in [2.05, 4.69) is 15.2 Å². The van der Waals surface area contributed by atoms with E-state index >= 15 is 0 Å². The molecule has 160 valence electrons. The number of rotatable bonds is 8. The van der Waals surface area contributed by atoms with Gasteiger partial charge >= 0.3 is 0 Å². The van der Waals surface area contributed by atoms with E-state index in [0.717, 1.165) is 49.5 Å². The maximum atomic E-state index is 12.3. The average Bonchev–Trinajstić information content (AvgIpc) is 3.20. The molecule has 1 aliphatic heterocycles. The first-order chi connectivity index (χ1) is 14.5. The fraction of sp³-hybridized carbons (Fsp3) is 0.391. The molecule has 1 unspecified atom stereocenters. The number of carbonyl (C=O) groups is 1. The molecule has 1 aliphatic rings.